The Hall–Kier alpha value is -1.32. The fourth-order valence-corrected chi connectivity index (χ4v) is 1.56. The minimum Gasteiger partial charge on any atom is -0.481 e. The second-order valence-corrected chi connectivity index (χ2v) is 3.68. The largest absolute Gasteiger partial charge is 0.481 e. The summed E-state index contributed by atoms with van der Waals surface area (Å²) in [6.07, 6.45) is 1.95. The van der Waals surface area contributed by atoms with Crippen molar-refractivity contribution in [1.82, 2.24) is 5.16 Å². The van der Waals surface area contributed by atoms with E-state index in [0.29, 0.717) is 0 Å². The highest BCUT2D eigenvalue weighted by molar-refractivity contribution is 5.69. The smallest absolute Gasteiger partial charge is 0.304 e. The van der Waals surface area contributed by atoms with Crippen molar-refractivity contribution >= 4 is 5.97 Å². The number of hydrogen-bond donors (Lipinski definition) is 1. The van der Waals surface area contributed by atoms with Crippen LogP contribution in [-0.2, 0) is 10.2 Å². The number of aliphatic carboxylic acids is 1. The molecule has 0 aromatic carbocycles. The highest BCUT2D eigenvalue weighted by atomic mass is 16.5. The molecule has 0 radical (unpaired) electrons. The summed E-state index contributed by atoms with van der Waals surface area (Å²) >= 11 is 0. The minimum absolute atomic E-state index is 0.154. The Morgan fingerprint density at radius 2 is 2.46 bits per heavy atom. The van der Waals surface area contributed by atoms with E-state index >= 15 is 0 Å². The number of aryl methyl sites for hydroxylation is 1. The Kier molecular flexibility index (Phi) is 1.65. The summed E-state index contributed by atoms with van der Waals surface area (Å²) < 4.78 is 5.08. The van der Waals surface area contributed by atoms with Crippen molar-refractivity contribution in [2.24, 2.45) is 0 Å². The van der Waals surface area contributed by atoms with Gasteiger partial charge in [0, 0.05) is 11.5 Å². The van der Waals surface area contributed by atoms with Crippen molar-refractivity contribution in [2.75, 3.05) is 0 Å². The lowest BCUT2D eigenvalue weighted by Crippen LogP contribution is -2.11. The average Bonchev–Trinajstić information content (AvgIpc) is 2.65. The van der Waals surface area contributed by atoms with E-state index in [1.807, 2.05) is 13.0 Å². The number of aromatic nitrogens is 1. The molecule has 0 unspecified atom stereocenters. The molecule has 1 heterocycles. The quantitative estimate of drug-likeness (QED) is 0.767. The topological polar surface area (TPSA) is 63.3 Å². The zero-order valence-corrected chi connectivity index (χ0v) is 7.41. The number of rotatable bonds is 3. The fraction of sp³-hybridized carbons (Fsp3) is 0.556. The Balaban J connectivity index is 2.20. The molecule has 0 atom stereocenters. The summed E-state index contributed by atoms with van der Waals surface area (Å²) in [7, 11) is 0. The molecular weight excluding hydrogens is 170 g/mol. The SMILES string of the molecule is Cc1cc(C2(CC(=O)O)CC2)on1. The molecule has 1 saturated carbocycles. The molecule has 0 amide bonds. The van der Waals surface area contributed by atoms with Gasteiger partial charge in [0.1, 0.15) is 5.76 Å². The third-order valence-corrected chi connectivity index (χ3v) is 2.49. The van der Waals surface area contributed by atoms with Crippen LogP contribution in [0.3, 0.4) is 0 Å². The number of hydrogen-bond acceptors (Lipinski definition) is 3. The van der Waals surface area contributed by atoms with Crippen LogP contribution in [0.25, 0.3) is 0 Å². The number of nitrogens with zero attached hydrogens (tertiary/aromatic N) is 1. The molecule has 0 bridgehead atoms. The predicted molar refractivity (Wildman–Crippen MR) is 44.4 cm³/mol. The Morgan fingerprint density at radius 3 is 2.85 bits per heavy atom. The molecule has 4 nitrogen and oxygen atoms in total. The Labute approximate surface area is 75.5 Å². The van der Waals surface area contributed by atoms with Gasteiger partial charge in [-0.1, -0.05) is 5.16 Å². The monoisotopic (exact) mass is 181 g/mol. The van der Waals surface area contributed by atoms with Crippen LogP contribution in [-0.4, -0.2) is 16.2 Å². The first kappa shape index (κ1) is 8.29. The van der Waals surface area contributed by atoms with Gasteiger partial charge in [0.25, 0.3) is 0 Å². The van der Waals surface area contributed by atoms with Crippen molar-refractivity contribution in [3.8, 4) is 0 Å². The van der Waals surface area contributed by atoms with Crippen LogP contribution in [0.2, 0.25) is 0 Å². The minimum atomic E-state index is -0.772. The Bertz CT molecular complexity index is 338. The second kappa shape index (κ2) is 2.58. The van der Waals surface area contributed by atoms with Crippen LogP contribution in [0.15, 0.2) is 10.6 Å². The summed E-state index contributed by atoms with van der Waals surface area (Å²) in [4.78, 5) is 10.6. The molecule has 1 aromatic rings. The van der Waals surface area contributed by atoms with Gasteiger partial charge in [-0.25, -0.2) is 0 Å². The van der Waals surface area contributed by atoms with Crippen LogP contribution in [0.4, 0.5) is 0 Å². The van der Waals surface area contributed by atoms with E-state index in [0.717, 1.165) is 24.3 Å². The third-order valence-electron chi connectivity index (χ3n) is 2.49. The first-order valence-corrected chi connectivity index (χ1v) is 4.28. The van der Waals surface area contributed by atoms with Crippen molar-refractivity contribution in [3.63, 3.8) is 0 Å². The highest BCUT2D eigenvalue weighted by Gasteiger charge is 2.49. The van der Waals surface area contributed by atoms with Gasteiger partial charge in [-0.05, 0) is 19.8 Å². The van der Waals surface area contributed by atoms with Crippen molar-refractivity contribution in [3.05, 3.63) is 17.5 Å². The molecule has 1 aliphatic rings. The summed E-state index contributed by atoms with van der Waals surface area (Å²) in [5.41, 5.74) is 0.569. The van der Waals surface area contributed by atoms with Crippen LogP contribution >= 0.6 is 0 Å². The highest BCUT2D eigenvalue weighted by Crippen LogP contribution is 2.51. The second-order valence-electron chi connectivity index (χ2n) is 3.68. The van der Waals surface area contributed by atoms with Gasteiger partial charge in [-0.15, -0.1) is 0 Å². The normalized spacial score (nSPS) is 18.5. The van der Waals surface area contributed by atoms with Crippen LogP contribution in [0, 0.1) is 6.92 Å². The molecule has 2 rings (SSSR count). The standard InChI is InChI=1S/C9H11NO3/c1-6-4-7(13-10-6)9(2-3-9)5-8(11)12/h4H,2-3,5H2,1H3,(H,11,12). The van der Waals surface area contributed by atoms with Gasteiger partial charge in [0.2, 0.25) is 0 Å². The lowest BCUT2D eigenvalue weighted by molar-refractivity contribution is -0.137. The maximum atomic E-state index is 10.6. The number of carbonyl (C=O) groups is 1. The van der Waals surface area contributed by atoms with E-state index in [2.05, 4.69) is 5.16 Å². The van der Waals surface area contributed by atoms with Gasteiger partial charge in [-0.3, -0.25) is 4.79 Å². The van der Waals surface area contributed by atoms with Gasteiger partial charge in [-0.2, -0.15) is 0 Å². The third kappa shape index (κ3) is 1.43. The van der Waals surface area contributed by atoms with E-state index < -0.39 is 5.97 Å². The molecule has 1 aliphatic carbocycles. The maximum Gasteiger partial charge on any atom is 0.304 e. The van der Waals surface area contributed by atoms with Crippen molar-refractivity contribution in [2.45, 2.75) is 31.6 Å². The van der Waals surface area contributed by atoms with E-state index in [1.54, 1.807) is 0 Å². The van der Waals surface area contributed by atoms with E-state index in [4.69, 9.17) is 9.63 Å². The lowest BCUT2D eigenvalue weighted by Gasteiger charge is -2.05. The molecule has 13 heavy (non-hydrogen) atoms. The summed E-state index contributed by atoms with van der Waals surface area (Å²) in [5.74, 6) is -0.0426. The molecule has 0 aliphatic heterocycles. The summed E-state index contributed by atoms with van der Waals surface area (Å²) in [6, 6.07) is 1.83. The van der Waals surface area contributed by atoms with Gasteiger partial charge in [0.05, 0.1) is 12.1 Å². The van der Waals surface area contributed by atoms with Crippen LogP contribution < -0.4 is 0 Å². The predicted octanol–water partition coefficient (Wildman–Crippen LogP) is 1.49. The average molecular weight is 181 g/mol. The molecule has 0 spiro atoms. The Morgan fingerprint density at radius 1 is 1.77 bits per heavy atom. The van der Waals surface area contributed by atoms with Gasteiger partial charge < -0.3 is 9.63 Å². The van der Waals surface area contributed by atoms with E-state index in [-0.39, 0.29) is 11.8 Å². The first-order valence-electron chi connectivity index (χ1n) is 4.28. The van der Waals surface area contributed by atoms with E-state index in [9.17, 15) is 4.79 Å². The lowest BCUT2D eigenvalue weighted by atomic mass is 9.99. The number of carboxylic acid groups (broad SMARTS) is 1. The molecule has 70 valence electrons. The number of carboxylic acids is 1. The summed E-state index contributed by atoms with van der Waals surface area (Å²) in [5, 5.41) is 12.5. The van der Waals surface area contributed by atoms with Gasteiger partial charge >= 0.3 is 5.97 Å². The fourth-order valence-electron chi connectivity index (χ4n) is 1.56. The molecular formula is C9H11NO3. The zero-order chi connectivity index (χ0) is 9.47. The van der Waals surface area contributed by atoms with Gasteiger partial charge in [0.15, 0.2) is 0 Å². The van der Waals surface area contributed by atoms with Crippen LogP contribution in [0.1, 0.15) is 30.7 Å². The molecule has 1 aromatic heterocycles. The molecule has 1 N–H and O–H groups in total. The maximum absolute atomic E-state index is 10.6. The molecule has 0 saturated heterocycles. The van der Waals surface area contributed by atoms with Crippen LogP contribution in [0.5, 0.6) is 0 Å². The molecule has 1 fully saturated rings. The van der Waals surface area contributed by atoms with Crippen molar-refractivity contribution in [1.29, 1.82) is 0 Å². The van der Waals surface area contributed by atoms with E-state index in [1.165, 1.54) is 0 Å². The first-order chi connectivity index (χ1) is 6.12. The molecule has 4 heteroatoms. The zero-order valence-electron chi connectivity index (χ0n) is 7.41. The van der Waals surface area contributed by atoms with Crippen molar-refractivity contribution < 1.29 is 14.4 Å². The summed E-state index contributed by atoms with van der Waals surface area (Å²) in [6.45, 7) is 1.84.